The van der Waals surface area contributed by atoms with Crippen LogP contribution in [0.1, 0.15) is 27.0 Å². The molecule has 0 aliphatic carbocycles. The summed E-state index contributed by atoms with van der Waals surface area (Å²) in [7, 11) is 0. The largest absolute Gasteiger partial charge is 0.505 e. The molecule has 3 aromatic rings. The molecule has 3 rings (SSSR count). The van der Waals surface area contributed by atoms with E-state index >= 15 is 0 Å². The third-order valence-electron chi connectivity index (χ3n) is 4.17. The van der Waals surface area contributed by atoms with Crippen molar-refractivity contribution in [2.24, 2.45) is 0 Å². The van der Waals surface area contributed by atoms with Gasteiger partial charge in [-0.15, -0.1) is 0 Å². The van der Waals surface area contributed by atoms with Gasteiger partial charge in [-0.3, -0.25) is 4.98 Å². The molecule has 0 spiro atoms. The van der Waals surface area contributed by atoms with Crippen LogP contribution in [0.5, 0.6) is 5.75 Å². The molecule has 0 saturated carbocycles. The Bertz CT molecular complexity index is 992. The lowest BCUT2D eigenvalue weighted by Crippen LogP contribution is -1.99. The van der Waals surface area contributed by atoms with Crippen LogP contribution < -0.4 is 0 Å². The van der Waals surface area contributed by atoms with Gasteiger partial charge in [0.25, 0.3) is 0 Å². The first-order chi connectivity index (χ1) is 12.6. The summed E-state index contributed by atoms with van der Waals surface area (Å²) in [6.45, 7) is 0. The molecule has 0 unspecified atom stereocenters. The topological polar surface area (TPSA) is 94.2 Å². The molecule has 0 atom stereocenters. The average molecular weight is 344 g/mol. The molecule has 0 aliphatic rings. The van der Waals surface area contributed by atoms with Crippen molar-refractivity contribution < 1.29 is 15.0 Å². The van der Waals surface area contributed by atoms with Crippen LogP contribution in [0.2, 0.25) is 0 Å². The summed E-state index contributed by atoms with van der Waals surface area (Å²) in [4.78, 5) is 15.2. The van der Waals surface area contributed by atoms with Crippen LogP contribution in [0.15, 0.2) is 60.8 Å². The number of nitrogens with zero attached hydrogens (tertiary/aromatic N) is 2. The lowest BCUT2D eigenvalue weighted by Gasteiger charge is -2.08. The number of carboxylic acids is 1. The molecule has 26 heavy (non-hydrogen) atoms. The van der Waals surface area contributed by atoms with Gasteiger partial charge in [-0.2, -0.15) is 5.26 Å². The Balaban J connectivity index is 1.88. The highest BCUT2D eigenvalue weighted by molar-refractivity contribution is 5.91. The maximum atomic E-state index is 11.2. The predicted octanol–water partition coefficient (Wildman–Crippen LogP) is 3.81. The molecule has 0 aliphatic heterocycles. The molecule has 0 saturated heterocycles. The van der Waals surface area contributed by atoms with E-state index in [0.29, 0.717) is 16.8 Å². The number of nitriles is 1. The molecule has 2 aromatic carbocycles. The van der Waals surface area contributed by atoms with E-state index in [1.165, 1.54) is 11.6 Å². The fourth-order valence-corrected chi connectivity index (χ4v) is 2.76. The number of hydrogen-bond donors (Lipinski definition) is 2. The van der Waals surface area contributed by atoms with Crippen molar-refractivity contribution in [3.05, 3.63) is 83.0 Å². The lowest BCUT2D eigenvalue weighted by atomic mass is 9.97. The standard InChI is InChI=1S/C21H16N2O3/c22-12-17-10-16(19-11-18(21(25)26)20(24)13-23-19)9-8-15(17)7-6-14-4-2-1-3-5-14/h1-5,8-11,13,24H,6-7H2,(H,25,26). The van der Waals surface area contributed by atoms with Gasteiger partial charge in [-0.1, -0.05) is 42.5 Å². The SMILES string of the molecule is N#Cc1cc(-c2cc(C(=O)O)c(O)cn2)ccc1CCc1ccccc1. The Morgan fingerprint density at radius 3 is 2.54 bits per heavy atom. The Hall–Kier alpha value is -3.65. The van der Waals surface area contributed by atoms with E-state index < -0.39 is 5.97 Å². The molecule has 1 heterocycles. The second-order valence-electron chi connectivity index (χ2n) is 5.86. The third kappa shape index (κ3) is 3.70. The number of aryl methyl sites for hydroxylation is 2. The van der Waals surface area contributed by atoms with E-state index in [-0.39, 0.29) is 11.3 Å². The van der Waals surface area contributed by atoms with Gasteiger partial charge < -0.3 is 10.2 Å². The molecule has 5 heteroatoms. The quantitative estimate of drug-likeness (QED) is 0.734. The number of benzene rings is 2. The maximum absolute atomic E-state index is 11.2. The van der Waals surface area contributed by atoms with Crippen molar-refractivity contribution in [3.8, 4) is 23.1 Å². The van der Waals surface area contributed by atoms with E-state index in [9.17, 15) is 15.2 Å². The van der Waals surface area contributed by atoms with Crippen LogP contribution in [0, 0.1) is 11.3 Å². The van der Waals surface area contributed by atoms with Crippen LogP contribution in [0.3, 0.4) is 0 Å². The van der Waals surface area contributed by atoms with Gasteiger partial charge in [0, 0.05) is 5.56 Å². The van der Waals surface area contributed by atoms with Gasteiger partial charge in [0.2, 0.25) is 0 Å². The summed E-state index contributed by atoms with van der Waals surface area (Å²) >= 11 is 0. The lowest BCUT2D eigenvalue weighted by molar-refractivity contribution is 0.0693. The summed E-state index contributed by atoms with van der Waals surface area (Å²) in [6, 6.07) is 18.9. The predicted molar refractivity (Wildman–Crippen MR) is 96.9 cm³/mol. The highest BCUT2D eigenvalue weighted by Crippen LogP contribution is 2.25. The number of carboxylic acid groups (broad SMARTS) is 1. The first-order valence-corrected chi connectivity index (χ1v) is 8.08. The minimum Gasteiger partial charge on any atom is -0.505 e. The first kappa shape index (κ1) is 17.2. The number of carbonyl (C=O) groups is 1. The monoisotopic (exact) mass is 344 g/mol. The fraction of sp³-hybridized carbons (Fsp3) is 0.0952. The first-order valence-electron chi connectivity index (χ1n) is 8.08. The van der Waals surface area contributed by atoms with Crippen molar-refractivity contribution in [2.75, 3.05) is 0 Å². The average Bonchev–Trinajstić information content (AvgIpc) is 2.67. The van der Waals surface area contributed by atoms with Gasteiger partial charge in [-0.05, 0) is 36.1 Å². The van der Waals surface area contributed by atoms with Crippen LogP contribution in [0.4, 0.5) is 0 Å². The van der Waals surface area contributed by atoms with Crippen LogP contribution in [-0.2, 0) is 12.8 Å². The molecule has 0 fully saturated rings. The van der Waals surface area contributed by atoms with Crippen LogP contribution in [0.25, 0.3) is 11.3 Å². The summed E-state index contributed by atoms with van der Waals surface area (Å²) in [5.74, 6) is -1.62. The molecule has 2 N–H and O–H groups in total. The highest BCUT2D eigenvalue weighted by Gasteiger charge is 2.13. The molecule has 128 valence electrons. The highest BCUT2D eigenvalue weighted by atomic mass is 16.4. The zero-order chi connectivity index (χ0) is 18.5. The summed E-state index contributed by atoms with van der Waals surface area (Å²) in [5, 5.41) is 28.2. The molecular weight excluding hydrogens is 328 g/mol. The van der Waals surface area contributed by atoms with Crippen molar-refractivity contribution in [1.29, 1.82) is 5.26 Å². The van der Waals surface area contributed by atoms with Crippen molar-refractivity contribution >= 4 is 5.97 Å². The number of pyridine rings is 1. The van der Waals surface area contributed by atoms with Gasteiger partial charge >= 0.3 is 5.97 Å². The second-order valence-corrected chi connectivity index (χ2v) is 5.86. The van der Waals surface area contributed by atoms with Gasteiger partial charge in [0.1, 0.15) is 11.3 Å². The molecular formula is C21H16N2O3. The van der Waals surface area contributed by atoms with Crippen molar-refractivity contribution in [3.63, 3.8) is 0 Å². The Morgan fingerprint density at radius 2 is 1.85 bits per heavy atom. The Kier molecular flexibility index (Phi) is 4.95. The van der Waals surface area contributed by atoms with Crippen LogP contribution in [-0.4, -0.2) is 21.2 Å². The van der Waals surface area contributed by atoms with E-state index in [1.54, 1.807) is 6.07 Å². The van der Waals surface area contributed by atoms with E-state index in [4.69, 9.17) is 5.11 Å². The minimum atomic E-state index is -1.23. The fourth-order valence-electron chi connectivity index (χ4n) is 2.76. The summed E-state index contributed by atoms with van der Waals surface area (Å²) in [5.41, 5.74) is 3.47. The molecule has 5 nitrogen and oxygen atoms in total. The van der Waals surface area contributed by atoms with Crippen LogP contribution >= 0.6 is 0 Å². The number of aromatic hydroxyl groups is 1. The zero-order valence-electron chi connectivity index (χ0n) is 13.9. The third-order valence-corrected chi connectivity index (χ3v) is 4.17. The van der Waals surface area contributed by atoms with Crippen molar-refractivity contribution in [1.82, 2.24) is 4.98 Å². The zero-order valence-corrected chi connectivity index (χ0v) is 13.9. The molecule has 0 radical (unpaired) electrons. The number of aromatic nitrogens is 1. The molecule has 0 amide bonds. The second kappa shape index (κ2) is 7.49. The summed E-state index contributed by atoms with van der Waals surface area (Å²) < 4.78 is 0. The van der Waals surface area contributed by atoms with E-state index in [2.05, 4.69) is 11.1 Å². The number of rotatable bonds is 5. The Morgan fingerprint density at radius 1 is 1.08 bits per heavy atom. The number of aromatic carboxylic acids is 1. The number of hydrogen-bond acceptors (Lipinski definition) is 4. The normalized spacial score (nSPS) is 10.3. The van der Waals surface area contributed by atoms with E-state index in [1.807, 2.05) is 42.5 Å². The summed E-state index contributed by atoms with van der Waals surface area (Å²) in [6.07, 6.45) is 2.67. The molecule has 1 aromatic heterocycles. The van der Waals surface area contributed by atoms with Gasteiger partial charge in [-0.25, -0.2) is 4.79 Å². The van der Waals surface area contributed by atoms with E-state index in [0.717, 1.165) is 24.6 Å². The van der Waals surface area contributed by atoms with Gasteiger partial charge in [0.15, 0.2) is 0 Å². The van der Waals surface area contributed by atoms with Crippen molar-refractivity contribution in [2.45, 2.75) is 12.8 Å². The Labute approximate surface area is 150 Å². The van der Waals surface area contributed by atoms with Gasteiger partial charge in [0.05, 0.1) is 23.5 Å². The maximum Gasteiger partial charge on any atom is 0.339 e. The molecule has 0 bridgehead atoms. The smallest absolute Gasteiger partial charge is 0.339 e. The minimum absolute atomic E-state index is 0.221.